The molecular formula is C12H29N5O2S. The van der Waals surface area contributed by atoms with E-state index in [9.17, 15) is 8.42 Å². The molecule has 1 aliphatic heterocycles. The summed E-state index contributed by atoms with van der Waals surface area (Å²) in [5.41, 5.74) is 0. The Morgan fingerprint density at radius 1 is 1.30 bits per heavy atom. The van der Waals surface area contributed by atoms with Gasteiger partial charge in [-0.05, 0) is 34.1 Å². The average molecular weight is 307 g/mol. The maximum Gasteiger partial charge on any atom is 0.279 e. The lowest BCUT2D eigenvalue weighted by Gasteiger charge is -2.37. The molecule has 0 aromatic heterocycles. The molecule has 0 aromatic carbocycles. The van der Waals surface area contributed by atoms with Crippen LogP contribution in [0.3, 0.4) is 0 Å². The van der Waals surface area contributed by atoms with Crippen molar-refractivity contribution in [2.75, 3.05) is 67.5 Å². The van der Waals surface area contributed by atoms with Gasteiger partial charge in [0.1, 0.15) is 0 Å². The van der Waals surface area contributed by atoms with Gasteiger partial charge >= 0.3 is 0 Å². The maximum absolute atomic E-state index is 12.1. The zero-order chi connectivity index (χ0) is 15.2. The third-order valence-corrected chi connectivity index (χ3v) is 5.33. The van der Waals surface area contributed by atoms with Crippen LogP contribution >= 0.6 is 0 Å². The van der Waals surface area contributed by atoms with Crippen LogP contribution in [-0.4, -0.2) is 96.0 Å². The van der Waals surface area contributed by atoms with E-state index in [2.05, 4.69) is 26.9 Å². The normalized spacial score (nSPS) is 22.6. The van der Waals surface area contributed by atoms with Gasteiger partial charge in [0.05, 0.1) is 0 Å². The molecule has 0 bridgehead atoms. The summed E-state index contributed by atoms with van der Waals surface area (Å²) in [6, 6.07) is 0.231. The van der Waals surface area contributed by atoms with E-state index in [1.807, 2.05) is 14.1 Å². The van der Waals surface area contributed by atoms with Crippen molar-refractivity contribution >= 4 is 10.2 Å². The van der Waals surface area contributed by atoms with Crippen LogP contribution in [0.1, 0.15) is 6.42 Å². The number of hydrogen-bond acceptors (Lipinski definition) is 5. The molecule has 1 heterocycles. The van der Waals surface area contributed by atoms with Gasteiger partial charge in [-0.25, -0.2) is 4.72 Å². The minimum absolute atomic E-state index is 0.231. The van der Waals surface area contributed by atoms with E-state index in [1.54, 1.807) is 7.05 Å². The Kier molecular flexibility index (Phi) is 7.35. The van der Waals surface area contributed by atoms with Crippen molar-refractivity contribution in [3.63, 3.8) is 0 Å². The molecule has 1 fully saturated rings. The largest absolute Gasteiger partial charge is 0.320 e. The fraction of sp³-hybridized carbons (Fsp3) is 1.00. The Morgan fingerprint density at radius 2 is 2.00 bits per heavy atom. The Labute approximate surface area is 123 Å². The van der Waals surface area contributed by atoms with E-state index in [0.717, 1.165) is 32.6 Å². The van der Waals surface area contributed by atoms with Gasteiger partial charge in [-0.2, -0.15) is 12.7 Å². The van der Waals surface area contributed by atoms with Crippen molar-refractivity contribution in [3.05, 3.63) is 0 Å². The highest BCUT2D eigenvalue weighted by molar-refractivity contribution is 7.87. The first-order valence-corrected chi connectivity index (χ1v) is 8.55. The quantitative estimate of drug-likeness (QED) is 0.540. The second kappa shape index (κ2) is 8.26. The van der Waals surface area contributed by atoms with Crippen LogP contribution in [0, 0.1) is 0 Å². The molecule has 1 unspecified atom stereocenters. The molecule has 0 saturated carbocycles. The molecule has 0 radical (unpaired) electrons. The zero-order valence-corrected chi connectivity index (χ0v) is 13.9. The molecule has 20 heavy (non-hydrogen) atoms. The summed E-state index contributed by atoms with van der Waals surface area (Å²) >= 11 is 0. The van der Waals surface area contributed by atoms with E-state index < -0.39 is 10.2 Å². The smallest absolute Gasteiger partial charge is 0.279 e. The van der Waals surface area contributed by atoms with Crippen molar-refractivity contribution in [3.8, 4) is 0 Å². The summed E-state index contributed by atoms with van der Waals surface area (Å²) in [5, 5.41) is 3.01. The summed E-state index contributed by atoms with van der Waals surface area (Å²) < 4.78 is 28.3. The van der Waals surface area contributed by atoms with Crippen LogP contribution in [0.25, 0.3) is 0 Å². The molecule has 1 saturated heterocycles. The fourth-order valence-electron chi connectivity index (χ4n) is 2.23. The molecule has 8 heteroatoms. The molecule has 1 atom stereocenters. The SMILES string of the molecule is CNCCCN(C)S(=O)(=O)NCC1CN(C)CCN1C. The minimum Gasteiger partial charge on any atom is -0.320 e. The Hall–Kier alpha value is -0.250. The number of rotatable bonds is 8. The third-order valence-electron chi connectivity index (χ3n) is 3.79. The molecule has 120 valence electrons. The summed E-state index contributed by atoms with van der Waals surface area (Å²) in [6.45, 7) is 4.69. The molecule has 7 nitrogen and oxygen atoms in total. The summed E-state index contributed by atoms with van der Waals surface area (Å²) in [6.07, 6.45) is 0.806. The van der Waals surface area contributed by atoms with Crippen molar-refractivity contribution in [1.29, 1.82) is 0 Å². The predicted octanol–water partition coefficient (Wildman–Crippen LogP) is -1.39. The van der Waals surface area contributed by atoms with Crippen molar-refractivity contribution in [1.82, 2.24) is 24.1 Å². The summed E-state index contributed by atoms with van der Waals surface area (Å²) in [5.74, 6) is 0. The highest BCUT2D eigenvalue weighted by atomic mass is 32.2. The van der Waals surface area contributed by atoms with Crippen molar-refractivity contribution in [2.45, 2.75) is 12.5 Å². The highest BCUT2D eigenvalue weighted by Gasteiger charge is 2.25. The first-order chi connectivity index (χ1) is 9.36. The lowest BCUT2D eigenvalue weighted by molar-refractivity contribution is 0.117. The van der Waals surface area contributed by atoms with Gasteiger partial charge in [0.15, 0.2) is 0 Å². The molecule has 1 rings (SSSR count). The van der Waals surface area contributed by atoms with Crippen LogP contribution < -0.4 is 10.0 Å². The first kappa shape index (κ1) is 17.8. The third kappa shape index (κ3) is 5.63. The molecule has 0 aromatic rings. The molecule has 0 amide bonds. The number of piperazine rings is 1. The van der Waals surface area contributed by atoms with Crippen LogP contribution in [0.2, 0.25) is 0 Å². The predicted molar refractivity (Wildman–Crippen MR) is 82.0 cm³/mol. The molecule has 2 N–H and O–H groups in total. The Balaban J connectivity index is 2.41. The first-order valence-electron chi connectivity index (χ1n) is 7.11. The number of likely N-dealkylation sites (N-methyl/N-ethyl adjacent to an activating group) is 2. The monoisotopic (exact) mass is 307 g/mol. The van der Waals surface area contributed by atoms with Crippen molar-refractivity contribution < 1.29 is 8.42 Å². The van der Waals surface area contributed by atoms with Gasteiger partial charge in [-0.1, -0.05) is 0 Å². The van der Waals surface area contributed by atoms with Gasteiger partial charge in [0, 0.05) is 45.8 Å². The van der Waals surface area contributed by atoms with E-state index in [0.29, 0.717) is 13.1 Å². The standard InChI is InChI=1S/C12H29N5O2S/c1-13-6-5-7-17(4)20(18,19)14-10-12-11-15(2)8-9-16(12)3/h12-14H,5-11H2,1-4H3. The van der Waals surface area contributed by atoms with Crippen LogP contribution in [-0.2, 0) is 10.2 Å². The lowest BCUT2D eigenvalue weighted by Crippen LogP contribution is -2.55. The second-order valence-corrected chi connectivity index (χ2v) is 7.39. The van der Waals surface area contributed by atoms with Gasteiger partial charge in [0.2, 0.25) is 0 Å². The van der Waals surface area contributed by atoms with Crippen LogP contribution in [0.15, 0.2) is 0 Å². The molecule has 0 spiro atoms. The van der Waals surface area contributed by atoms with Gasteiger partial charge < -0.3 is 10.2 Å². The number of nitrogens with zero attached hydrogens (tertiary/aromatic N) is 3. The van der Waals surface area contributed by atoms with E-state index in [1.165, 1.54) is 4.31 Å². The zero-order valence-electron chi connectivity index (χ0n) is 13.1. The Morgan fingerprint density at radius 3 is 2.65 bits per heavy atom. The van der Waals surface area contributed by atoms with Gasteiger partial charge in [-0.15, -0.1) is 0 Å². The molecule has 0 aliphatic carbocycles. The number of nitrogens with one attached hydrogen (secondary N) is 2. The molecular weight excluding hydrogens is 278 g/mol. The van der Waals surface area contributed by atoms with Gasteiger partial charge in [0.25, 0.3) is 10.2 Å². The van der Waals surface area contributed by atoms with E-state index in [4.69, 9.17) is 0 Å². The maximum atomic E-state index is 12.1. The highest BCUT2D eigenvalue weighted by Crippen LogP contribution is 2.06. The minimum atomic E-state index is -3.37. The second-order valence-electron chi connectivity index (χ2n) is 5.53. The average Bonchev–Trinajstić information content (AvgIpc) is 2.40. The molecule has 1 aliphatic rings. The van der Waals surface area contributed by atoms with E-state index >= 15 is 0 Å². The Bertz CT molecular complexity index is 376. The fourth-order valence-corrected chi connectivity index (χ4v) is 3.23. The van der Waals surface area contributed by atoms with E-state index in [-0.39, 0.29) is 6.04 Å². The number of hydrogen-bond donors (Lipinski definition) is 2. The van der Waals surface area contributed by atoms with Crippen molar-refractivity contribution in [2.24, 2.45) is 0 Å². The van der Waals surface area contributed by atoms with Gasteiger partial charge in [-0.3, -0.25) is 4.90 Å². The summed E-state index contributed by atoms with van der Waals surface area (Å²) in [7, 11) is 4.22. The van der Waals surface area contributed by atoms with Crippen LogP contribution in [0.4, 0.5) is 0 Å². The summed E-state index contributed by atoms with van der Waals surface area (Å²) in [4.78, 5) is 4.44. The topological polar surface area (TPSA) is 67.9 Å². The van der Waals surface area contributed by atoms with Crippen LogP contribution in [0.5, 0.6) is 0 Å². The lowest BCUT2D eigenvalue weighted by atomic mass is 10.2.